The van der Waals surface area contributed by atoms with Crippen molar-refractivity contribution < 1.29 is 23.8 Å². The Bertz CT molecular complexity index is 324. The van der Waals surface area contributed by atoms with E-state index in [9.17, 15) is 9.59 Å². The standard InChI is InChI=1S/C13H21ClO5S/c1-4-17-11(15)10(12(16)18-5-2)13(19-6-3)20-9-7-8-14/h4-9H2,1-3H3. The maximum Gasteiger partial charge on any atom is 0.350 e. The number of alkyl halides is 1. The minimum absolute atomic E-state index is 0.174. The Morgan fingerprint density at radius 3 is 1.85 bits per heavy atom. The molecule has 5 nitrogen and oxygen atoms in total. The molecule has 0 unspecified atom stereocenters. The van der Waals surface area contributed by atoms with Crippen LogP contribution in [0.4, 0.5) is 0 Å². The van der Waals surface area contributed by atoms with Gasteiger partial charge in [-0.15, -0.1) is 11.6 Å². The maximum atomic E-state index is 11.9. The van der Waals surface area contributed by atoms with E-state index in [4.69, 9.17) is 25.8 Å². The third-order valence-corrected chi connectivity index (χ3v) is 3.29. The minimum atomic E-state index is -0.729. The van der Waals surface area contributed by atoms with Gasteiger partial charge >= 0.3 is 11.9 Å². The molecule has 7 heteroatoms. The zero-order valence-electron chi connectivity index (χ0n) is 12.1. The topological polar surface area (TPSA) is 61.8 Å². The lowest BCUT2D eigenvalue weighted by atomic mass is 10.3. The van der Waals surface area contributed by atoms with Gasteiger partial charge in [0, 0.05) is 11.6 Å². The van der Waals surface area contributed by atoms with Crippen LogP contribution in [-0.2, 0) is 23.8 Å². The summed E-state index contributed by atoms with van der Waals surface area (Å²) in [5.74, 6) is -0.317. The summed E-state index contributed by atoms with van der Waals surface area (Å²) >= 11 is 6.87. The molecule has 0 saturated heterocycles. The Morgan fingerprint density at radius 1 is 0.950 bits per heavy atom. The van der Waals surface area contributed by atoms with Crippen LogP contribution in [0.5, 0.6) is 0 Å². The molecule has 0 heterocycles. The average Bonchev–Trinajstić information content (AvgIpc) is 2.40. The third kappa shape index (κ3) is 7.05. The van der Waals surface area contributed by atoms with Crippen LogP contribution >= 0.6 is 23.4 Å². The number of hydrogen-bond donors (Lipinski definition) is 0. The highest BCUT2D eigenvalue weighted by molar-refractivity contribution is 8.02. The zero-order chi connectivity index (χ0) is 15.4. The van der Waals surface area contributed by atoms with Crippen LogP contribution in [0.1, 0.15) is 27.2 Å². The second-order valence-electron chi connectivity index (χ2n) is 3.43. The predicted octanol–water partition coefficient (Wildman–Crippen LogP) is 2.72. The van der Waals surface area contributed by atoms with E-state index in [1.165, 1.54) is 11.8 Å². The van der Waals surface area contributed by atoms with Crippen LogP contribution in [0.3, 0.4) is 0 Å². The van der Waals surface area contributed by atoms with Crippen molar-refractivity contribution in [2.75, 3.05) is 31.5 Å². The first-order chi connectivity index (χ1) is 9.62. The fourth-order valence-electron chi connectivity index (χ4n) is 1.19. The number of thioether (sulfide) groups is 1. The quantitative estimate of drug-likeness (QED) is 0.117. The molecule has 0 aliphatic rings. The third-order valence-electron chi connectivity index (χ3n) is 1.95. The Labute approximate surface area is 129 Å². The van der Waals surface area contributed by atoms with Crippen LogP contribution in [0.25, 0.3) is 0 Å². The minimum Gasteiger partial charge on any atom is -0.486 e. The van der Waals surface area contributed by atoms with Gasteiger partial charge in [0.25, 0.3) is 0 Å². The van der Waals surface area contributed by atoms with Crippen molar-refractivity contribution in [2.45, 2.75) is 27.2 Å². The second-order valence-corrected chi connectivity index (χ2v) is 4.87. The number of hydrogen-bond acceptors (Lipinski definition) is 6. The van der Waals surface area contributed by atoms with Gasteiger partial charge in [0.05, 0.1) is 19.8 Å². The van der Waals surface area contributed by atoms with Gasteiger partial charge in [-0.05, 0) is 27.2 Å². The summed E-state index contributed by atoms with van der Waals surface area (Å²) in [5.41, 5.74) is -0.185. The van der Waals surface area contributed by atoms with E-state index in [2.05, 4.69) is 0 Å². The van der Waals surface area contributed by atoms with Gasteiger partial charge in [-0.1, -0.05) is 11.8 Å². The molecule has 0 radical (unpaired) electrons. The molecule has 0 aromatic heterocycles. The van der Waals surface area contributed by atoms with Crippen LogP contribution in [-0.4, -0.2) is 43.4 Å². The molecule has 0 fully saturated rings. The van der Waals surface area contributed by atoms with E-state index in [1.807, 2.05) is 0 Å². The van der Waals surface area contributed by atoms with Crippen molar-refractivity contribution >= 4 is 35.3 Å². The summed E-state index contributed by atoms with van der Waals surface area (Å²) in [6.07, 6.45) is 0.738. The van der Waals surface area contributed by atoms with Gasteiger partial charge < -0.3 is 14.2 Å². The van der Waals surface area contributed by atoms with Crippen molar-refractivity contribution in [1.29, 1.82) is 0 Å². The fraction of sp³-hybridized carbons (Fsp3) is 0.692. The summed E-state index contributed by atoms with van der Waals surface area (Å²) in [6, 6.07) is 0. The van der Waals surface area contributed by atoms with E-state index in [0.717, 1.165) is 6.42 Å². The van der Waals surface area contributed by atoms with E-state index < -0.39 is 11.9 Å². The number of rotatable bonds is 10. The Hall–Kier alpha value is -0.880. The summed E-state index contributed by atoms with van der Waals surface area (Å²) in [4.78, 5) is 23.8. The normalized spacial score (nSPS) is 9.80. The summed E-state index contributed by atoms with van der Waals surface area (Å²) in [6.45, 7) is 5.80. The van der Waals surface area contributed by atoms with Crippen LogP contribution in [0.15, 0.2) is 10.7 Å². The van der Waals surface area contributed by atoms with E-state index in [1.54, 1.807) is 20.8 Å². The number of ether oxygens (including phenoxy) is 3. The number of carbonyl (C=O) groups excluding carboxylic acids is 2. The molecule has 20 heavy (non-hydrogen) atoms. The molecule has 0 atom stereocenters. The Balaban J connectivity index is 5.24. The molecule has 0 aromatic carbocycles. The van der Waals surface area contributed by atoms with Gasteiger partial charge in [-0.25, -0.2) is 9.59 Å². The highest BCUT2D eigenvalue weighted by Crippen LogP contribution is 2.24. The van der Waals surface area contributed by atoms with Crippen LogP contribution < -0.4 is 0 Å². The Morgan fingerprint density at radius 2 is 1.45 bits per heavy atom. The molecule has 0 aliphatic heterocycles. The number of halogens is 1. The monoisotopic (exact) mass is 324 g/mol. The number of esters is 2. The van der Waals surface area contributed by atoms with Gasteiger partial charge in [0.2, 0.25) is 0 Å². The molecule has 0 aromatic rings. The van der Waals surface area contributed by atoms with Gasteiger partial charge in [0.15, 0.2) is 10.7 Å². The van der Waals surface area contributed by atoms with Crippen molar-refractivity contribution in [3.63, 3.8) is 0 Å². The van der Waals surface area contributed by atoms with Crippen molar-refractivity contribution in [2.24, 2.45) is 0 Å². The number of carbonyl (C=O) groups is 2. The molecule has 0 saturated carbocycles. The molecular formula is C13H21ClO5S. The first-order valence-corrected chi connectivity index (χ1v) is 8.04. The lowest BCUT2D eigenvalue weighted by Crippen LogP contribution is -2.21. The molecule has 116 valence electrons. The van der Waals surface area contributed by atoms with Gasteiger partial charge in [-0.2, -0.15) is 0 Å². The first-order valence-electron chi connectivity index (χ1n) is 6.52. The van der Waals surface area contributed by atoms with Crippen molar-refractivity contribution in [3.05, 3.63) is 10.7 Å². The zero-order valence-corrected chi connectivity index (χ0v) is 13.6. The van der Waals surface area contributed by atoms with Gasteiger partial charge in [-0.3, -0.25) is 0 Å². The van der Waals surface area contributed by atoms with E-state index in [0.29, 0.717) is 18.2 Å². The molecule has 0 amide bonds. The molecule has 0 spiro atoms. The Kier molecular flexibility index (Phi) is 11.4. The summed E-state index contributed by atoms with van der Waals surface area (Å²) in [5, 5.41) is 0.231. The smallest absolute Gasteiger partial charge is 0.350 e. The highest BCUT2D eigenvalue weighted by Gasteiger charge is 2.27. The van der Waals surface area contributed by atoms with E-state index >= 15 is 0 Å². The summed E-state index contributed by atoms with van der Waals surface area (Å²) < 4.78 is 15.2. The molecule has 0 bridgehead atoms. The second kappa shape index (κ2) is 11.9. The molecule has 0 aliphatic carbocycles. The largest absolute Gasteiger partial charge is 0.486 e. The van der Waals surface area contributed by atoms with Crippen LogP contribution in [0.2, 0.25) is 0 Å². The van der Waals surface area contributed by atoms with Crippen LogP contribution in [0, 0.1) is 0 Å². The van der Waals surface area contributed by atoms with Crippen molar-refractivity contribution in [3.8, 4) is 0 Å². The average molecular weight is 325 g/mol. The van der Waals surface area contributed by atoms with E-state index in [-0.39, 0.29) is 23.9 Å². The predicted molar refractivity (Wildman–Crippen MR) is 79.7 cm³/mol. The highest BCUT2D eigenvalue weighted by atomic mass is 35.5. The molecular weight excluding hydrogens is 304 g/mol. The lowest BCUT2D eigenvalue weighted by Gasteiger charge is -2.13. The lowest BCUT2D eigenvalue weighted by molar-refractivity contribution is -0.146. The molecule has 0 rings (SSSR count). The first kappa shape index (κ1) is 19.1. The molecule has 0 N–H and O–H groups in total. The SMILES string of the molecule is CCOC(=O)C(C(=O)OCC)=C(OCC)SCCCCl. The van der Waals surface area contributed by atoms with Crippen molar-refractivity contribution in [1.82, 2.24) is 0 Å². The fourth-order valence-corrected chi connectivity index (χ4v) is 2.47. The van der Waals surface area contributed by atoms with Gasteiger partial charge in [0.1, 0.15) is 0 Å². The maximum absolute atomic E-state index is 11.9. The summed E-state index contributed by atoms with van der Waals surface area (Å²) in [7, 11) is 0.